The van der Waals surface area contributed by atoms with Crippen LogP contribution in [0.15, 0.2) is 61.3 Å². The van der Waals surface area contributed by atoms with Crippen molar-refractivity contribution in [1.82, 2.24) is 25.3 Å². The zero-order chi connectivity index (χ0) is 15.9. The third-order valence-corrected chi connectivity index (χ3v) is 3.03. The first-order valence-corrected chi connectivity index (χ1v) is 6.98. The van der Waals surface area contributed by atoms with Crippen LogP contribution in [0.5, 0.6) is 0 Å². The van der Waals surface area contributed by atoms with Gasteiger partial charge in [0, 0.05) is 43.2 Å². The zero-order valence-corrected chi connectivity index (χ0v) is 12.2. The van der Waals surface area contributed by atoms with Crippen molar-refractivity contribution < 1.29 is 4.79 Å². The third-order valence-electron chi connectivity index (χ3n) is 3.03. The van der Waals surface area contributed by atoms with Crippen molar-refractivity contribution in [2.24, 2.45) is 0 Å². The van der Waals surface area contributed by atoms with Crippen molar-refractivity contribution >= 4 is 17.5 Å². The highest BCUT2D eigenvalue weighted by atomic mass is 16.1. The summed E-state index contributed by atoms with van der Waals surface area (Å²) in [5.74, 6) is 0.0924. The Hall–Kier alpha value is -3.35. The van der Waals surface area contributed by atoms with Crippen molar-refractivity contribution in [1.29, 1.82) is 0 Å². The second-order valence-electron chi connectivity index (χ2n) is 4.66. The van der Waals surface area contributed by atoms with Gasteiger partial charge in [-0.05, 0) is 35.9 Å². The highest BCUT2D eigenvalue weighted by Gasteiger charge is 2.08. The van der Waals surface area contributed by atoms with Gasteiger partial charge in [0.25, 0.3) is 5.91 Å². The standard InChI is InChI=1S/C16H14N6O/c23-15(20-11-12-1-6-17-7-2-12)14-5-10-19-16(22-14)21-13-3-8-18-9-4-13/h1-10H,11H2,(H,20,23)(H,18,19,21,22). The summed E-state index contributed by atoms with van der Waals surface area (Å²) < 4.78 is 0. The number of pyridine rings is 2. The average Bonchev–Trinajstić information content (AvgIpc) is 2.62. The van der Waals surface area contributed by atoms with Gasteiger partial charge in [0.1, 0.15) is 5.69 Å². The van der Waals surface area contributed by atoms with Crippen molar-refractivity contribution in [3.05, 3.63) is 72.6 Å². The van der Waals surface area contributed by atoms with Crippen LogP contribution in [-0.4, -0.2) is 25.8 Å². The molecule has 0 radical (unpaired) electrons. The summed E-state index contributed by atoms with van der Waals surface area (Å²) in [4.78, 5) is 28.4. The van der Waals surface area contributed by atoms with Gasteiger partial charge in [-0.1, -0.05) is 0 Å². The lowest BCUT2D eigenvalue weighted by atomic mass is 10.2. The number of aromatic nitrogens is 4. The van der Waals surface area contributed by atoms with Crippen molar-refractivity contribution in [2.45, 2.75) is 6.54 Å². The molecule has 3 aromatic heterocycles. The van der Waals surface area contributed by atoms with Crippen LogP contribution in [0.2, 0.25) is 0 Å². The lowest BCUT2D eigenvalue weighted by Crippen LogP contribution is -2.24. The largest absolute Gasteiger partial charge is 0.347 e. The van der Waals surface area contributed by atoms with E-state index in [9.17, 15) is 4.79 Å². The molecule has 3 heterocycles. The van der Waals surface area contributed by atoms with Crippen LogP contribution in [0.3, 0.4) is 0 Å². The minimum atomic E-state index is -0.262. The summed E-state index contributed by atoms with van der Waals surface area (Å²) in [6.07, 6.45) is 8.23. The highest BCUT2D eigenvalue weighted by molar-refractivity contribution is 5.92. The first-order valence-electron chi connectivity index (χ1n) is 6.98. The zero-order valence-electron chi connectivity index (χ0n) is 12.2. The molecule has 0 bridgehead atoms. The van der Waals surface area contributed by atoms with Gasteiger partial charge in [-0.3, -0.25) is 14.8 Å². The van der Waals surface area contributed by atoms with Crippen molar-refractivity contribution in [3.63, 3.8) is 0 Å². The van der Waals surface area contributed by atoms with Crippen LogP contribution in [-0.2, 0) is 6.54 Å². The van der Waals surface area contributed by atoms with Gasteiger partial charge in [-0.25, -0.2) is 9.97 Å². The van der Waals surface area contributed by atoms with Crippen LogP contribution in [0, 0.1) is 0 Å². The number of hydrogen-bond donors (Lipinski definition) is 2. The fourth-order valence-corrected chi connectivity index (χ4v) is 1.88. The Kier molecular flexibility index (Phi) is 4.49. The number of carbonyl (C=O) groups is 1. The maximum atomic E-state index is 12.2. The molecule has 2 N–H and O–H groups in total. The lowest BCUT2D eigenvalue weighted by Gasteiger charge is -2.07. The lowest BCUT2D eigenvalue weighted by molar-refractivity contribution is 0.0946. The molecule has 0 saturated carbocycles. The Morgan fingerprint density at radius 2 is 1.61 bits per heavy atom. The number of anilines is 2. The van der Waals surface area contributed by atoms with Gasteiger partial charge in [0.15, 0.2) is 0 Å². The molecular weight excluding hydrogens is 292 g/mol. The van der Waals surface area contributed by atoms with Gasteiger partial charge >= 0.3 is 0 Å². The van der Waals surface area contributed by atoms with Crippen LogP contribution >= 0.6 is 0 Å². The van der Waals surface area contributed by atoms with E-state index >= 15 is 0 Å². The Morgan fingerprint density at radius 3 is 2.35 bits per heavy atom. The van der Waals surface area contributed by atoms with E-state index in [-0.39, 0.29) is 5.91 Å². The maximum absolute atomic E-state index is 12.2. The van der Waals surface area contributed by atoms with E-state index in [0.717, 1.165) is 11.3 Å². The quantitative estimate of drug-likeness (QED) is 0.748. The summed E-state index contributed by atoms with van der Waals surface area (Å²) in [6, 6.07) is 8.84. The molecule has 0 aromatic carbocycles. The molecule has 0 aliphatic heterocycles. The van der Waals surface area contributed by atoms with E-state index in [1.54, 1.807) is 43.0 Å². The molecule has 0 fully saturated rings. The highest BCUT2D eigenvalue weighted by Crippen LogP contribution is 2.10. The molecule has 23 heavy (non-hydrogen) atoms. The SMILES string of the molecule is O=C(NCc1ccncc1)c1ccnc(Nc2ccncc2)n1. The predicted octanol–water partition coefficient (Wildman–Crippen LogP) is 1.94. The Morgan fingerprint density at radius 1 is 0.913 bits per heavy atom. The molecule has 0 aliphatic carbocycles. The number of carbonyl (C=O) groups excluding carboxylic acids is 1. The first kappa shape index (κ1) is 14.6. The summed E-state index contributed by atoms with van der Waals surface area (Å²) in [5.41, 5.74) is 2.07. The number of rotatable bonds is 5. The van der Waals surface area contributed by atoms with Crippen molar-refractivity contribution in [3.8, 4) is 0 Å². The molecule has 0 saturated heterocycles. The Bertz CT molecular complexity index is 779. The summed E-state index contributed by atoms with van der Waals surface area (Å²) in [5, 5.41) is 5.83. The number of nitrogens with one attached hydrogen (secondary N) is 2. The van der Waals surface area contributed by atoms with E-state index < -0.39 is 0 Å². The summed E-state index contributed by atoms with van der Waals surface area (Å²) >= 11 is 0. The molecule has 1 amide bonds. The van der Waals surface area contributed by atoms with Gasteiger partial charge < -0.3 is 10.6 Å². The molecule has 114 valence electrons. The van der Waals surface area contributed by atoms with Crippen LogP contribution in [0.4, 0.5) is 11.6 Å². The van der Waals surface area contributed by atoms with E-state index in [1.807, 2.05) is 12.1 Å². The average molecular weight is 306 g/mol. The van der Waals surface area contributed by atoms with Crippen LogP contribution in [0.1, 0.15) is 16.1 Å². The number of hydrogen-bond acceptors (Lipinski definition) is 6. The fraction of sp³-hybridized carbons (Fsp3) is 0.0625. The monoisotopic (exact) mass is 306 g/mol. The smallest absolute Gasteiger partial charge is 0.270 e. The normalized spacial score (nSPS) is 10.1. The van der Waals surface area contributed by atoms with E-state index in [0.29, 0.717) is 18.2 Å². The minimum absolute atomic E-state index is 0.262. The summed E-state index contributed by atoms with van der Waals surface area (Å²) in [6.45, 7) is 0.415. The van der Waals surface area contributed by atoms with Gasteiger partial charge in [-0.15, -0.1) is 0 Å². The first-order chi connectivity index (χ1) is 11.3. The second-order valence-corrected chi connectivity index (χ2v) is 4.66. The molecular formula is C16H14N6O. The number of nitrogens with zero attached hydrogens (tertiary/aromatic N) is 4. The summed E-state index contributed by atoms with van der Waals surface area (Å²) in [7, 11) is 0. The fourth-order valence-electron chi connectivity index (χ4n) is 1.88. The Labute approximate surface area is 132 Å². The molecule has 0 atom stereocenters. The van der Waals surface area contributed by atoms with Gasteiger partial charge in [0.05, 0.1) is 0 Å². The van der Waals surface area contributed by atoms with Gasteiger partial charge in [0.2, 0.25) is 5.95 Å². The van der Waals surface area contributed by atoms with Crippen molar-refractivity contribution in [2.75, 3.05) is 5.32 Å². The van der Waals surface area contributed by atoms with Gasteiger partial charge in [-0.2, -0.15) is 0 Å². The predicted molar refractivity (Wildman–Crippen MR) is 85.0 cm³/mol. The molecule has 0 aliphatic rings. The Balaban J connectivity index is 1.65. The van der Waals surface area contributed by atoms with E-state index in [4.69, 9.17) is 0 Å². The topological polar surface area (TPSA) is 92.7 Å². The second kappa shape index (κ2) is 7.08. The molecule has 0 unspecified atom stereocenters. The maximum Gasteiger partial charge on any atom is 0.270 e. The molecule has 3 aromatic rings. The minimum Gasteiger partial charge on any atom is -0.347 e. The molecule has 7 nitrogen and oxygen atoms in total. The number of amides is 1. The molecule has 7 heteroatoms. The molecule has 0 spiro atoms. The van der Waals surface area contributed by atoms with Crippen LogP contribution < -0.4 is 10.6 Å². The third kappa shape index (κ3) is 4.07. The van der Waals surface area contributed by atoms with E-state index in [1.165, 1.54) is 6.20 Å². The molecule has 3 rings (SSSR count). The van der Waals surface area contributed by atoms with E-state index in [2.05, 4.69) is 30.6 Å². The van der Waals surface area contributed by atoms with Crippen LogP contribution in [0.25, 0.3) is 0 Å².